The Labute approximate surface area is 128 Å². The maximum atomic E-state index is 10.3. The lowest BCUT2D eigenvalue weighted by Crippen LogP contribution is -2.35. The Hall–Kier alpha value is -1.73. The Morgan fingerprint density at radius 2 is 2.23 bits per heavy atom. The van der Waals surface area contributed by atoms with Gasteiger partial charge in [-0.15, -0.1) is 0 Å². The Balaban J connectivity index is 1.39. The summed E-state index contributed by atoms with van der Waals surface area (Å²) in [6.45, 7) is 2.09. The molecule has 2 atom stereocenters. The summed E-state index contributed by atoms with van der Waals surface area (Å²) >= 11 is 0. The van der Waals surface area contributed by atoms with Crippen molar-refractivity contribution in [1.82, 2.24) is 24.8 Å². The number of β-amino-alcohol motifs (C(OH)–C–C–N with tert-alkyl or cyclic N) is 1. The van der Waals surface area contributed by atoms with Crippen molar-refractivity contribution in [1.29, 1.82) is 0 Å². The molecule has 118 valence electrons. The van der Waals surface area contributed by atoms with Crippen molar-refractivity contribution >= 4 is 0 Å². The Kier molecular flexibility index (Phi) is 3.67. The minimum atomic E-state index is -0.449. The first-order valence-electron chi connectivity index (χ1n) is 8.02. The zero-order valence-corrected chi connectivity index (χ0v) is 12.5. The molecule has 1 aliphatic heterocycles. The minimum Gasteiger partial charge on any atom is -0.390 e. The summed E-state index contributed by atoms with van der Waals surface area (Å²) in [7, 11) is 0. The minimum absolute atomic E-state index is 0.170. The Morgan fingerprint density at radius 3 is 3.00 bits per heavy atom. The summed E-state index contributed by atoms with van der Waals surface area (Å²) in [6, 6.07) is 2.04. The number of likely N-dealkylation sites (tertiary alicyclic amines) is 1. The molecule has 0 spiro atoms. The second-order valence-electron chi connectivity index (χ2n) is 6.30. The molecule has 22 heavy (non-hydrogen) atoms. The van der Waals surface area contributed by atoms with Crippen LogP contribution in [0.4, 0.5) is 0 Å². The van der Waals surface area contributed by atoms with Gasteiger partial charge in [0.2, 0.25) is 5.89 Å². The number of aliphatic hydroxyl groups is 1. The highest BCUT2D eigenvalue weighted by Crippen LogP contribution is 2.40. The predicted octanol–water partition coefficient (Wildman–Crippen LogP) is 1.34. The van der Waals surface area contributed by atoms with Gasteiger partial charge in [0.05, 0.1) is 18.7 Å². The second kappa shape index (κ2) is 5.81. The maximum absolute atomic E-state index is 10.3. The third-order valence-electron chi connectivity index (χ3n) is 4.45. The fraction of sp³-hybridized carbons (Fsp3) is 0.667. The van der Waals surface area contributed by atoms with Gasteiger partial charge in [-0.1, -0.05) is 5.16 Å². The third-order valence-corrected chi connectivity index (χ3v) is 4.45. The molecule has 1 N–H and O–H groups in total. The number of hydrogen-bond donors (Lipinski definition) is 1. The largest absolute Gasteiger partial charge is 0.390 e. The van der Waals surface area contributed by atoms with Crippen molar-refractivity contribution < 1.29 is 9.63 Å². The topological polar surface area (TPSA) is 80.2 Å². The van der Waals surface area contributed by atoms with Gasteiger partial charge < -0.3 is 9.63 Å². The van der Waals surface area contributed by atoms with Gasteiger partial charge in [-0.25, -0.2) is 0 Å². The first-order chi connectivity index (χ1) is 10.8. The lowest BCUT2D eigenvalue weighted by atomic mass is 10.2. The highest BCUT2D eigenvalue weighted by Gasteiger charge is 2.34. The van der Waals surface area contributed by atoms with E-state index in [1.165, 1.54) is 12.8 Å². The van der Waals surface area contributed by atoms with Crippen LogP contribution in [0.25, 0.3) is 0 Å². The number of hydrogen-bond acceptors (Lipinski definition) is 6. The quantitative estimate of drug-likeness (QED) is 0.867. The number of rotatable bonds is 6. The molecule has 1 aliphatic carbocycles. The predicted molar refractivity (Wildman–Crippen MR) is 78.1 cm³/mol. The van der Waals surface area contributed by atoms with E-state index >= 15 is 0 Å². The van der Waals surface area contributed by atoms with Gasteiger partial charge in [0.15, 0.2) is 5.82 Å². The van der Waals surface area contributed by atoms with Crippen LogP contribution in [0, 0.1) is 0 Å². The Bertz CT molecular complexity index is 607. The molecule has 0 unspecified atom stereocenters. The summed E-state index contributed by atoms with van der Waals surface area (Å²) in [6.07, 6.45) is 7.60. The van der Waals surface area contributed by atoms with E-state index in [0.717, 1.165) is 31.1 Å². The highest BCUT2D eigenvalue weighted by atomic mass is 16.5. The summed E-state index contributed by atoms with van der Waals surface area (Å²) in [5.74, 6) is 2.06. The van der Waals surface area contributed by atoms with Crippen LogP contribution in [0.15, 0.2) is 23.0 Å². The van der Waals surface area contributed by atoms with Crippen molar-refractivity contribution in [3.05, 3.63) is 30.2 Å². The maximum Gasteiger partial charge on any atom is 0.229 e. The molecular formula is C15H21N5O2. The van der Waals surface area contributed by atoms with E-state index in [4.69, 9.17) is 4.52 Å². The summed E-state index contributed by atoms with van der Waals surface area (Å²) < 4.78 is 7.13. The first-order valence-corrected chi connectivity index (χ1v) is 8.02. The van der Waals surface area contributed by atoms with E-state index < -0.39 is 6.10 Å². The van der Waals surface area contributed by atoms with Crippen LogP contribution in [-0.2, 0) is 6.54 Å². The van der Waals surface area contributed by atoms with Gasteiger partial charge in [0.1, 0.15) is 0 Å². The van der Waals surface area contributed by atoms with E-state index in [0.29, 0.717) is 19.0 Å². The molecule has 0 radical (unpaired) electrons. The number of nitrogens with zero attached hydrogens (tertiary/aromatic N) is 5. The molecule has 1 saturated heterocycles. The molecule has 0 bridgehead atoms. The van der Waals surface area contributed by atoms with Crippen LogP contribution in [0.1, 0.15) is 49.4 Å². The van der Waals surface area contributed by atoms with Crippen molar-refractivity contribution in [2.24, 2.45) is 0 Å². The smallest absolute Gasteiger partial charge is 0.229 e. The van der Waals surface area contributed by atoms with E-state index in [2.05, 4.69) is 20.1 Å². The normalized spacial score (nSPS) is 24.0. The summed E-state index contributed by atoms with van der Waals surface area (Å²) in [5, 5.41) is 18.6. The number of aromatic nitrogens is 4. The molecule has 7 heteroatoms. The van der Waals surface area contributed by atoms with Crippen LogP contribution in [0.3, 0.4) is 0 Å². The fourth-order valence-electron chi connectivity index (χ4n) is 3.17. The van der Waals surface area contributed by atoms with Gasteiger partial charge in [-0.3, -0.25) is 9.58 Å². The lowest BCUT2D eigenvalue weighted by Gasteiger charge is -2.24. The van der Waals surface area contributed by atoms with Crippen molar-refractivity contribution in [2.75, 3.05) is 13.1 Å². The SMILES string of the molecule is O[C@H](CN1CCC[C@@H]1c1noc(C2CC2)n1)Cn1cccn1. The van der Waals surface area contributed by atoms with E-state index in [-0.39, 0.29) is 6.04 Å². The number of aliphatic hydroxyl groups excluding tert-OH is 1. The Morgan fingerprint density at radius 1 is 1.32 bits per heavy atom. The fourth-order valence-corrected chi connectivity index (χ4v) is 3.17. The molecule has 0 aromatic carbocycles. The van der Waals surface area contributed by atoms with Crippen LogP contribution in [0.2, 0.25) is 0 Å². The molecule has 3 heterocycles. The monoisotopic (exact) mass is 303 g/mol. The van der Waals surface area contributed by atoms with E-state index in [1.807, 2.05) is 12.3 Å². The second-order valence-corrected chi connectivity index (χ2v) is 6.30. The average Bonchev–Trinajstić information content (AvgIpc) is 2.95. The van der Waals surface area contributed by atoms with E-state index in [1.54, 1.807) is 10.9 Å². The van der Waals surface area contributed by atoms with Crippen molar-refractivity contribution in [2.45, 2.75) is 50.3 Å². The molecule has 0 amide bonds. The van der Waals surface area contributed by atoms with Crippen LogP contribution < -0.4 is 0 Å². The van der Waals surface area contributed by atoms with Gasteiger partial charge in [-0.2, -0.15) is 10.1 Å². The van der Waals surface area contributed by atoms with Gasteiger partial charge in [0.25, 0.3) is 0 Å². The van der Waals surface area contributed by atoms with Gasteiger partial charge in [-0.05, 0) is 38.3 Å². The van der Waals surface area contributed by atoms with Crippen molar-refractivity contribution in [3.63, 3.8) is 0 Å². The molecule has 4 rings (SSSR count). The zero-order valence-electron chi connectivity index (χ0n) is 12.5. The first kappa shape index (κ1) is 13.9. The molecule has 2 aliphatic rings. The van der Waals surface area contributed by atoms with Crippen LogP contribution >= 0.6 is 0 Å². The molecule has 1 saturated carbocycles. The molecule has 2 fully saturated rings. The summed E-state index contributed by atoms with van der Waals surface area (Å²) in [4.78, 5) is 6.83. The summed E-state index contributed by atoms with van der Waals surface area (Å²) in [5.41, 5.74) is 0. The highest BCUT2D eigenvalue weighted by molar-refractivity contribution is 5.05. The molecule has 2 aromatic heterocycles. The molecule has 7 nitrogen and oxygen atoms in total. The van der Waals surface area contributed by atoms with Crippen LogP contribution in [-0.4, -0.2) is 49.1 Å². The lowest BCUT2D eigenvalue weighted by molar-refractivity contribution is 0.0869. The van der Waals surface area contributed by atoms with Crippen LogP contribution in [0.5, 0.6) is 0 Å². The van der Waals surface area contributed by atoms with Gasteiger partial charge in [0, 0.05) is 24.9 Å². The molecular weight excluding hydrogens is 282 g/mol. The van der Waals surface area contributed by atoms with E-state index in [9.17, 15) is 5.11 Å². The standard InChI is InChI=1S/C15H21N5O2/c21-12(10-20-8-2-6-16-20)9-19-7-1-3-13(19)14-17-15(22-18-14)11-4-5-11/h2,6,8,11-13,21H,1,3-5,7,9-10H2/t12-,13-/m1/s1. The average molecular weight is 303 g/mol. The van der Waals surface area contributed by atoms with Crippen molar-refractivity contribution in [3.8, 4) is 0 Å². The third kappa shape index (κ3) is 2.91. The molecule has 2 aromatic rings. The van der Waals surface area contributed by atoms with Gasteiger partial charge >= 0.3 is 0 Å². The zero-order chi connectivity index (χ0) is 14.9.